The number of rotatable bonds is 5. The lowest BCUT2D eigenvalue weighted by Crippen LogP contribution is -2.50. The van der Waals surface area contributed by atoms with Gasteiger partial charge in [0, 0.05) is 38.6 Å². The summed E-state index contributed by atoms with van der Waals surface area (Å²) in [4.78, 5) is 25.4. The molecule has 0 radical (unpaired) electrons. The van der Waals surface area contributed by atoms with Gasteiger partial charge >= 0.3 is 0 Å². The maximum atomic E-state index is 12.5. The van der Waals surface area contributed by atoms with Gasteiger partial charge in [-0.15, -0.1) is 5.10 Å². The van der Waals surface area contributed by atoms with Gasteiger partial charge in [-0.2, -0.15) is 0 Å². The first kappa shape index (κ1) is 16.6. The second kappa shape index (κ2) is 7.11. The second-order valence-electron chi connectivity index (χ2n) is 6.10. The van der Waals surface area contributed by atoms with Crippen molar-refractivity contribution in [1.82, 2.24) is 29.9 Å². The molecule has 3 rings (SSSR count). The van der Waals surface area contributed by atoms with Gasteiger partial charge in [-0.05, 0) is 19.8 Å². The number of aromatic nitrogens is 5. The molecule has 0 atom stereocenters. The van der Waals surface area contributed by atoms with E-state index in [1.807, 2.05) is 11.8 Å². The first-order valence-corrected chi connectivity index (χ1v) is 8.77. The maximum absolute atomic E-state index is 12.5. The molecule has 0 N–H and O–H groups in total. The zero-order valence-corrected chi connectivity index (χ0v) is 14.6. The predicted octanol–water partition coefficient (Wildman–Crippen LogP) is 1.33. The van der Waals surface area contributed by atoms with Crippen LogP contribution in [0, 0.1) is 5.92 Å². The molecular weight excluding hydrogens is 306 g/mol. The summed E-state index contributed by atoms with van der Waals surface area (Å²) in [7, 11) is 0. The highest BCUT2D eigenvalue weighted by atomic mass is 16.2. The van der Waals surface area contributed by atoms with Crippen molar-refractivity contribution >= 4 is 22.9 Å². The highest BCUT2D eigenvalue weighted by Gasteiger charge is 2.27. The summed E-state index contributed by atoms with van der Waals surface area (Å²) in [6, 6.07) is 0. The van der Waals surface area contributed by atoms with Crippen LogP contribution in [-0.4, -0.2) is 61.9 Å². The van der Waals surface area contributed by atoms with Gasteiger partial charge in [0.2, 0.25) is 5.91 Å². The zero-order chi connectivity index (χ0) is 17.1. The van der Waals surface area contributed by atoms with Crippen LogP contribution < -0.4 is 4.90 Å². The molecule has 1 amide bonds. The smallest absolute Gasteiger partial charge is 0.225 e. The first-order chi connectivity index (χ1) is 11.7. The average Bonchev–Trinajstić information content (AvgIpc) is 3.06. The van der Waals surface area contributed by atoms with Crippen molar-refractivity contribution in [3.05, 3.63) is 6.33 Å². The zero-order valence-electron chi connectivity index (χ0n) is 14.6. The summed E-state index contributed by atoms with van der Waals surface area (Å²) in [6.07, 6.45) is 3.37. The van der Waals surface area contributed by atoms with Crippen LogP contribution in [0.2, 0.25) is 0 Å². The van der Waals surface area contributed by atoms with Crippen molar-refractivity contribution in [3.8, 4) is 0 Å². The number of anilines is 1. The molecule has 0 spiro atoms. The van der Waals surface area contributed by atoms with Crippen LogP contribution in [0.4, 0.5) is 5.82 Å². The maximum Gasteiger partial charge on any atom is 0.225 e. The molecule has 0 aromatic carbocycles. The van der Waals surface area contributed by atoms with Gasteiger partial charge in [0.25, 0.3) is 0 Å². The number of hydrogen-bond acceptors (Lipinski definition) is 6. The van der Waals surface area contributed by atoms with Crippen LogP contribution in [0.1, 0.15) is 33.6 Å². The van der Waals surface area contributed by atoms with Gasteiger partial charge in [-0.1, -0.05) is 19.1 Å². The normalized spacial score (nSPS) is 15.5. The molecule has 0 bridgehead atoms. The molecule has 1 aliphatic heterocycles. The minimum absolute atomic E-state index is 0.145. The van der Waals surface area contributed by atoms with E-state index in [4.69, 9.17) is 0 Å². The van der Waals surface area contributed by atoms with Gasteiger partial charge < -0.3 is 9.80 Å². The molecule has 2 aromatic heterocycles. The minimum Gasteiger partial charge on any atom is -0.351 e. The van der Waals surface area contributed by atoms with Gasteiger partial charge in [0.15, 0.2) is 17.0 Å². The molecule has 1 saturated heterocycles. The van der Waals surface area contributed by atoms with E-state index >= 15 is 0 Å². The average molecular weight is 331 g/mol. The van der Waals surface area contributed by atoms with Crippen LogP contribution in [0.5, 0.6) is 0 Å². The van der Waals surface area contributed by atoms with E-state index in [1.165, 1.54) is 0 Å². The number of hydrogen-bond donors (Lipinski definition) is 0. The van der Waals surface area contributed by atoms with E-state index in [-0.39, 0.29) is 11.8 Å². The molecule has 130 valence electrons. The van der Waals surface area contributed by atoms with Crippen LogP contribution in [0.3, 0.4) is 0 Å². The number of aryl methyl sites for hydroxylation is 1. The van der Waals surface area contributed by atoms with E-state index in [9.17, 15) is 4.79 Å². The molecule has 0 aliphatic carbocycles. The van der Waals surface area contributed by atoms with Gasteiger partial charge in [-0.3, -0.25) is 4.79 Å². The Kier molecular flexibility index (Phi) is 4.92. The Bertz CT molecular complexity index is 702. The van der Waals surface area contributed by atoms with Crippen molar-refractivity contribution in [2.24, 2.45) is 5.92 Å². The highest BCUT2D eigenvalue weighted by molar-refractivity contribution is 5.83. The predicted molar refractivity (Wildman–Crippen MR) is 91.7 cm³/mol. The Morgan fingerprint density at radius 2 is 1.83 bits per heavy atom. The van der Waals surface area contributed by atoms with Crippen molar-refractivity contribution in [3.63, 3.8) is 0 Å². The minimum atomic E-state index is 0.145. The summed E-state index contributed by atoms with van der Waals surface area (Å²) in [6.45, 7) is 9.87. The van der Waals surface area contributed by atoms with Crippen molar-refractivity contribution in [2.75, 3.05) is 31.1 Å². The Morgan fingerprint density at radius 1 is 1.12 bits per heavy atom. The Labute approximate surface area is 141 Å². The third-order valence-corrected chi connectivity index (χ3v) is 4.81. The third-order valence-electron chi connectivity index (χ3n) is 4.81. The van der Waals surface area contributed by atoms with Crippen molar-refractivity contribution in [1.29, 1.82) is 0 Å². The standard InChI is InChI=1S/C16H25N7O/c1-4-12(5-2)16(24)22-9-7-21(8-10-22)14-13-15(18-11-17-14)23(6-3)20-19-13/h11-12H,4-10H2,1-3H3. The van der Waals surface area contributed by atoms with Gasteiger partial charge in [0.05, 0.1) is 0 Å². The van der Waals surface area contributed by atoms with E-state index < -0.39 is 0 Å². The van der Waals surface area contributed by atoms with Crippen molar-refractivity contribution in [2.45, 2.75) is 40.2 Å². The van der Waals surface area contributed by atoms with Crippen LogP contribution in [0.25, 0.3) is 11.2 Å². The molecule has 24 heavy (non-hydrogen) atoms. The largest absolute Gasteiger partial charge is 0.351 e. The number of amides is 1. The van der Waals surface area contributed by atoms with Gasteiger partial charge in [0.1, 0.15) is 6.33 Å². The Morgan fingerprint density at radius 3 is 2.46 bits per heavy atom. The second-order valence-corrected chi connectivity index (χ2v) is 6.10. The van der Waals surface area contributed by atoms with E-state index in [1.54, 1.807) is 11.0 Å². The highest BCUT2D eigenvalue weighted by Crippen LogP contribution is 2.22. The molecule has 2 aromatic rings. The summed E-state index contributed by atoms with van der Waals surface area (Å²) < 4.78 is 1.77. The van der Waals surface area contributed by atoms with Crippen LogP contribution >= 0.6 is 0 Å². The summed E-state index contributed by atoms with van der Waals surface area (Å²) in [5, 5.41) is 8.37. The van der Waals surface area contributed by atoms with Crippen LogP contribution in [0.15, 0.2) is 6.33 Å². The van der Waals surface area contributed by atoms with E-state index in [0.717, 1.165) is 62.5 Å². The van der Waals surface area contributed by atoms with Gasteiger partial charge in [-0.25, -0.2) is 14.6 Å². The molecule has 0 unspecified atom stereocenters. The number of piperazine rings is 1. The van der Waals surface area contributed by atoms with Crippen molar-refractivity contribution < 1.29 is 4.79 Å². The number of fused-ring (bicyclic) bond motifs is 1. The lowest BCUT2D eigenvalue weighted by molar-refractivity contribution is -0.136. The summed E-state index contributed by atoms with van der Waals surface area (Å²) >= 11 is 0. The molecular formula is C16H25N7O. The lowest BCUT2D eigenvalue weighted by atomic mass is 10.0. The number of carbonyl (C=O) groups excluding carboxylic acids is 1. The molecule has 3 heterocycles. The molecule has 1 aliphatic rings. The fraction of sp³-hybridized carbons (Fsp3) is 0.688. The van der Waals surface area contributed by atoms with Crippen LogP contribution in [-0.2, 0) is 11.3 Å². The number of carbonyl (C=O) groups is 1. The SMILES string of the molecule is CCC(CC)C(=O)N1CCN(c2ncnc3c2nnn3CC)CC1. The van der Waals surface area contributed by atoms with E-state index in [0.29, 0.717) is 0 Å². The first-order valence-electron chi connectivity index (χ1n) is 8.77. The Balaban J connectivity index is 1.73. The molecule has 0 saturated carbocycles. The quantitative estimate of drug-likeness (QED) is 0.822. The third kappa shape index (κ3) is 2.92. The fourth-order valence-corrected chi connectivity index (χ4v) is 3.26. The molecule has 8 heteroatoms. The molecule has 8 nitrogen and oxygen atoms in total. The fourth-order valence-electron chi connectivity index (χ4n) is 3.26. The topological polar surface area (TPSA) is 80.0 Å². The Hall–Kier alpha value is -2.25. The monoisotopic (exact) mass is 331 g/mol. The summed E-state index contributed by atoms with van der Waals surface area (Å²) in [5.41, 5.74) is 1.50. The number of nitrogens with zero attached hydrogens (tertiary/aromatic N) is 7. The lowest BCUT2D eigenvalue weighted by Gasteiger charge is -2.36. The molecule has 1 fully saturated rings. The summed E-state index contributed by atoms with van der Waals surface area (Å²) in [5.74, 6) is 1.24. The van der Waals surface area contributed by atoms with E-state index in [2.05, 4.69) is 39.0 Å².